The van der Waals surface area contributed by atoms with Gasteiger partial charge >= 0.3 is 11.9 Å². The molecule has 0 amide bonds. The summed E-state index contributed by atoms with van der Waals surface area (Å²) in [5, 5.41) is 21.3. The quantitative estimate of drug-likeness (QED) is 0.175. The average molecular weight is 476 g/mol. The van der Waals surface area contributed by atoms with E-state index in [2.05, 4.69) is 0 Å². The number of benzene rings is 2. The van der Waals surface area contributed by atoms with Crippen LogP contribution in [0.3, 0.4) is 0 Å². The van der Waals surface area contributed by atoms with Crippen molar-refractivity contribution in [2.75, 3.05) is 24.7 Å². The molecule has 0 heterocycles. The first-order valence-electron chi connectivity index (χ1n) is 10.4. The van der Waals surface area contributed by atoms with E-state index in [4.69, 9.17) is 20.9 Å². The maximum absolute atomic E-state index is 11.5. The molecule has 4 N–H and O–H groups in total. The standard InChI is InChI=1S/2C11H14N2O4/c1-7(2)6-17-11(14)8-3-4-9(12)10(5-8)13(15)16;1-2-3-6-17-11(14)8-4-5-9(12)10(7-8)13(15)16/h3-5,7H,6,12H2,1-2H3;4-5,7H,2-3,6,12H2,1H3. The van der Waals surface area contributed by atoms with Gasteiger partial charge in [0.05, 0.1) is 34.2 Å². The maximum atomic E-state index is 11.5. The van der Waals surface area contributed by atoms with Gasteiger partial charge in [0.15, 0.2) is 0 Å². The van der Waals surface area contributed by atoms with Crippen LogP contribution in [0.5, 0.6) is 0 Å². The van der Waals surface area contributed by atoms with E-state index in [0.29, 0.717) is 6.61 Å². The fourth-order valence-electron chi connectivity index (χ4n) is 2.38. The minimum absolute atomic E-state index is 0.0235. The Morgan fingerprint density at radius 2 is 1.32 bits per heavy atom. The van der Waals surface area contributed by atoms with Crippen molar-refractivity contribution in [2.45, 2.75) is 33.6 Å². The summed E-state index contributed by atoms with van der Waals surface area (Å²) in [6.45, 7) is 6.36. The van der Waals surface area contributed by atoms with Crippen LogP contribution >= 0.6 is 0 Å². The van der Waals surface area contributed by atoms with Crippen molar-refractivity contribution >= 4 is 34.7 Å². The predicted octanol–water partition coefficient (Wildman–Crippen LogP) is 4.12. The van der Waals surface area contributed by atoms with Crippen molar-refractivity contribution in [1.82, 2.24) is 0 Å². The van der Waals surface area contributed by atoms with Crippen LogP contribution in [0.4, 0.5) is 22.7 Å². The zero-order valence-corrected chi connectivity index (χ0v) is 19.2. The molecule has 0 spiro atoms. The molecule has 0 radical (unpaired) electrons. The molecule has 0 atom stereocenters. The molecule has 0 unspecified atom stereocenters. The molecule has 2 rings (SSSR count). The van der Waals surface area contributed by atoms with Crippen LogP contribution in [0.15, 0.2) is 36.4 Å². The molecule has 12 nitrogen and oxygen atoms in total. The van der Waals surface area contributed by atoms with Crippen LogP contribution in [-0.4, -0.2) is 35.0 Å². The van der Waals surface area contributed by atoms with Gasteiger partial charge in [0, 0.05) is 12.1 Å². The van der Waals surface area contributed by atoms with Gasteiger partial charge in [0.25, 0.3) is 11.4 Å². The third-order valence-corrected chi connectivity index (χ3v) is 4.20. The van der Waals surface area contributed by atoms with Crippen LogP contribution in [0.2, 0.25) is 0 Å². The highest BCUT2D eigenvalue weighted by Gasteiger charge is 2.17. The highest BCUT2D eigenvalue weighted by atomic mass is 16.6. The summed E-state index contributed by atoms with van der Waals surface area (Å²) in [7, 11) is 0. The average Bonchev–Trinajstić information content (AvgIpc) is 2.78. The Bertz CT molecular complexity index is 1040. The predicted molar refractivity (Wildman–Crippen MR) is 125 cm³/mol. The summed E-state index contributed by atoms with van der Waals surface area (Å²) in [6, 6.07) is 7.72. The Labute approximate surface area is 196 Å². The van der Waals surface area contributed by atoms with Gasteiger partial charge in [-0.1, -0.05) is 27.2 Å². The molecule has 2 aromatic carbocycles. The lowest BCUT2D eigenvalue weighted by molar-refractivity contribution is -0.384. The topological polar surface area (TPSA) is 191 Å². The van der Waals surface area contributed by atoms with E-state index in [9.17, 15) is 29.8 Å². The normalized spacial score (nSPS) is 10.1. The van der Waals surface area contributed by atoms with Gasteiger partial charge in [-0.3, -0.25) is 20.2 Å². The molecule has 0 bridgehead atoms. The van der Waals surface area contributed by atoms with Crippen molar-refractivity contribution in [3.63, 3.8) is 0 Å². The smallest absolute Gasteiger partial charge is 0.338 e. The number of esters is 2. The molecule has 0 aliphatic heterocycles. The number of carbonyl (C=O) groups excluding carboxylic acids is 2. The molecular weight excluding hydrogens is 448 g/mol. The Kier molecular flexibility index (Phi) is 10.9. The minimum Gasteiger partial charge on any atom is -0.462 e. The summed E-state index contributed by atoms with van der Waals surface area (Å²) in [5.74, 6) is -0.939. The number of nitro groups is 2. The van der Waals surface area contributed by atoms with E-state index in [0.717, 1.165) is 25.0 Å². The number of nitro benzene ring substituents is 2. The van der Waals surface area contributed by atoms with Crippen molar-refractivity contribution in [3.8, 4) is 0 Å². The van der Waals surface area contributed by atoms with Gasteiger partial charge < -0.3 is 20.9 Å². The molecule has 34 heavy (non-hydrogen) atoms. The summed E-state index contributed by atoms with van der Waals surface area (Å²) >= 11 is 0. The molecular formula is C22H28N4O8. The molecule has 2 aromatic rings. The van der Waals surface area contributed by atoms with E-state index in [1.54, 1.807) is 0 Å². The van der Waals surface area contributed by atoms with Crippen molar-refractivity contribution in [2.24, 2.45) is 5.92 Å². The number of nitrogens with two attached hydrogens (primary N) is 2. The van der Waals surface area contributed by atoms with Crippen molar-refractivity contribution in [3.05, 3.63) is 67.8 Å². The largest absolute Gasteiger partial charge is 0.462 e. The monoisotopic (exact) mass is 476 g/mol. The lowest BCUT2D eigenvalue weighted by atomic mass is 10.2. The lowest BCUT2D eigenvalue weighted by Gasteiger charge is -2.07. The first-order valence-corrected chi connectivity index (χ1v) is 10.4. The zero-order chi connectivity index (χ0) is 25.8. The number of ether oxygens (including phenoxy) is 2. The van der Waals surface area contributed by atoms with Crippen LogP contribution in [0, 0.1) is 26.1 Å². The number of carbonyl (C=O) groups is 2. The van der Waals surface area contributed by atoms with Crippen LogP contribution in [0.1, 0.15) is 54.3 Å². The van der Waals surface area contributed by atoms with Crippen LogP contribution < -0.4 is 11.5 Å². The summed E-state index contributed by atoms with van der Waals surface area (Å²) in [6.07, 6.45) is 1.68. The molecule has 0 aromatic heterocycles. The van der Waals surface area contributed by atoms with Gasteiger partial charge in [0.1, 0.15) is 11.4 Å². The van der Waals surface area contributed by atoms with E-state index >= 15 is 0 Å². The molecule has 0 aliphatic carbocycles. The van der Waals surface area contributed by atoms with Gasteiger partial charge in [-0.05, 0) is 36.6 Å². The second kappa shape index (κ2) is 13.4. The molecule has 0 saturated carbocycles. The number of hydrogen-bond donors (Lipinski definition) is 2. The molecule has 0 aliphatic rings. The first-order chi connectivity index (χ1) is 16.0. The molecule has 12 heteroatoms. The number of unbranched alkanes of at least 4 members (excludes halogenated alkanes) is 1. The fraction of sp³-hybridized carbons (Fsp3) is 0.364. The van der Waals surface area contributed by atoms with E-state index in [1.807, 2.05) is 20.8 Å². The zero-order valence-electron chi connectivity index (χ0n) is 19.2. The van der Waals surface area contributed by atoms with E-state index < -0.39 is 21.8 Å². The van der Waals surface area contributed by atoms with Gasteiger partial charge in [-0.2, -0.15) is 0 Å². The second-order valence-electron chi connectivity index (χ2n) is 7.54. The number of nitrogens with zero attached hydrogens (tertiary/aromatic N) is 2. The summed E-state index contributed by atoms with van der Waals surface area (Å²) < 4.78 is 9.90. The van der Waals surface area contributed by atoms with Gasteiger partial charge in [0.2, 0.25) is 0 Å². The number of nitrogen functional groups attached to an aromatic ring is 2. The highest BCUT2D eigenvalue weighted by Crippen LogP contribution is 2.23. The van der Waals surface area contributed by atoms with Crippen molar-refractivity contribution < 1.29 is 28.9 Å². The van der Waals surface area contributed by atoms with E-state index in [-0.39, 0.29) is 46.4 Å². The summed E-state index contributed by atoms with van der Waals surface area (Å²) in [4.78, 5) is 43.1. The van der Waals surface area contributed by atoms with Crippen molar-refractivity contribution in [1.29, 1.82) is 0 Å². The number of rotatable bonds is 9. The van der Waals surface area contributed by atoms with Gasteiger partial charge in [-0.25, -0.2) is 9.59 Å². The highest BCUT2D eigenvalue weighted by molar-refractivity contribution is 5.91. The van der Waals surface area contributed by atoms with Gasteiger partial charge in [-0.15, -0.1) is 0 Å². The lowest BCUT2D eigenvalue weighted by Crippen LogP contribution is -2.10. The SMILES string of the molecule is CC(C)COC(=O)c1ccc(N)c([N+](=O)[O-])c1.CCCCOC(=O)c1ccc(N)c([N+](=O)[O-])c1. The third kappa shape index (κ3) is 8.73. The fourth-order valence-corrected chi connectivity index (χ4v) is 2.38. The Morgan fingerprint density at radius 1 is 0.882 bits per heavy atom. The number of hydrogen-bond acceptors (Lipinski definition) is 10. The first kappa shape index (κ1) is 27.8. The van der Waals surface area contributed by atoms with Crippen LogP contribution in [0.25, 0.3) is 0 Å². The van der Waals surface area contributed by atoms with E-state index in [1.165, 1.54) is 24.3 Å². The maximum Gasteiger partial charge on any atom is 0.338 e. The van der Waals surface area contributed by atoms with Crippen LogP contribution in [-0.2, 0) is 9.47 Å². The number of anilines is 2. The minimum atomic E-state index is -0.630. The Morgan fingerprint density at radius 3 is 1.71 bits per heavy atom. The Balaban J connectivity index is 0.000000340. The molecule has 184 valence electrons. The second-order valence-corrected chi connectivity index (χ2v) is 7.54. The summed E-state index contributed by atoms with van der Waals surface area (Å²) in [5.41, 5.74) is 10.6. The molecule has 0 saturated heterocycles. The Hall–Kier alpha value is -4.22. The third-order valence-electron chi connectivity index (χ3n) is 4.20. The molecule has 0 fully saturated rings.